The van der Waals surface area contributed by atoms with E-state index in [-0.39, 0.29) is 23.5 Å². The van der Waals surface area contributed by atoms with Gasteiger partial charge < -0.3 is 14.4 Å². The number of anilines is 1. The van der Waals surface area contributed by atoms with Crippen LogP contribution in [0, 0.1) is 0 Å². The van der Waals surface area contributed by atoms with Crippen LogP contribution in [0.25, 0.3) is 0 Å². The molecular formula is C25H24F9N3O3. The van der Waals surface area contributed by atoms with Crippen molar-refractivity contribution in [1.29, 1.82) is 0 Å². The zero-order valence-corrected chi connectivity index (χ0v) is 21.1. The van der Waals surface area contributed by atoms with Crippen molar-refractivity contribution >= 4 is 11.9 Å². The molecule has 2 aromatic rings. The maximum absolute atomic E-state index is 13.5. The van der Waals surface area contributed by atoms with Gasteiger partial charge in [-0.2, -0.15) is 39.5 Å². The quantitative estimate of drug-likeness (QED) is 0.360. The van der Waals surface area contributed by atoms with E-state index in [2.05, 4.69) is 4.98 Å². The molecule has 0 bridgehead atoms. The van der Waals surface area contributed by atoms with Crippen LogP contribution in [0.15, 0.2) is 30.5 Å². The molecule has 0 aliphatic carbocycles. The van der Waals surface area contributed by atoms with Gasteiger partial charge in [-0.25, -0.2) is 9.78 Å². The Balaban J connectivity index is 1.69. The lowest BCUT2D eigenvalue weighted by Crippen LogP contribution is -2.39. The molecule has 220 valence electrons. The third-order valence-corrected chi connectivity index (χ3v) is 7.01. The summed E-state index contributed by atoms with van der Waals surface area (Å²) in [7, 11) is 1.63. The monoisotopic (exact) mass is 585 g/mol. The molecule has 2 aliphatic rings. The van der Waals surface area contributed by atoms with E-state index < -0.39 is 65.6 Å². The van der Waals surface area contributed by atoms with Crippen LogP contribution in [-0.2, 0) is 34.5 Å². The molecular weight excluding hydrogens is 561 g/mol. The van der Waals surface area contributed by atoms with Crippen LogP contribution in [0.5, 0.6) is 0 Å². The normalized spacial score (nSPS) is 21.1. The lowest BCUT2D eigenvalue weighted by molar-refractivity contribution is -0.143. The largest absolute Gasteiger partial charge is 0.439 e. The first kappa shape index (κ1) is 29.7. The molecule has 2 aliphatic heterocycles. The minimum atomic E-state index is -5.12. The van der Waals surface area contributed by atoms with Gasteiger partial charge in [-0.1, -0.05) is 0 Å². The summed E-state index contributed by atoms with van der Waals surface area (Å²) in [4.78, 5) is 19.4. The Bertz CT molecular complexity index is 1210. The number of benzene rings is 1. The van der Waals surface area contributed by atoms with Gasteiger partial charge >= 0.3 is 24.6 Å². The maximum atomic E-state index is 13.5. The van der Waals surface area contributed by atoms with Crippen LogP contribution in [0.3, 0.4) is 0 Å². The van der Waals surface area contributed by atoms with E-state index in [1.54, 1.807) is 11.9 Å². The second-order valence-corrected chi connectivity index (χ2v) is 9.67. The maximum Gasteiger partial charge on any atom is 0.417 e. The van der Waals surface area contributed by atoms with E-state index in [1.165, 1.54) is 6.92 Å². The fourth-order valence-corrected chi connectivity index (χ4v) is 4.82. The number of hydrogen-bond acceptors (Lipinski definition) is 5. The van der Waals surface area contributed by atoms with Crippen molar-refractivity contribution in [2.75, 3.05) is 25.2 Å². The van der Waals surface area contributed by atoms with E-state index in [1.807, 2.05) is 0 Å². The fraction of sp³-hybridized carbons (Fsp3) is 0.520. The van der Waals surface area contributed by atoms with Crippen molar-refractivity contribution < 1.29 is 53.8 Å². The van der Waals surface area contributed by atoms with Gasteiger partial charge in [0.15, 0.2) is 0 Å². The zero-order valence-electron chi connectivity index (χ0n) is 21.1. The highest BCUT2D eigenvalue weighted by Gasteiger charge is 2.44. The van der Waals surface area contributed by atoms with Gasteiger partial charge in [-0.3, -0.25) is 4.90 Å². The molecule has 1 aromatic carbocycles. The first-order chi connectivity index (χ1) is 18.5. The molecule has 3 heterocycles. The summed E-state index contributed by atoms with van der Waals surface area (Å²) in [6, 6.07) is 0.436. The molecule has 0 spiro atoms. The van der Waals surface area contributed by atoms with E-state index in [4.69, 9.17) is 9.47 Å². The third-order valence-electron chi connectivity index (χ3n) is 7.01. The Labute approximate surface area is 222 Å². The topological polar surface area (TPSA) is 54.9 Å². The van der Waals surface area contributed by atoms with Gasteiger partial charge in [-0.05, 0) is 49.6 Å². The van der Waals surface area contributed by atoms with Crippen LogP contribution >= 0.6 is 0 Å². The lowest BCUT2D eigenvalue weighted by Gasteiger charge is -2.34. The number of pyridine rings is 1. The third kappa shape index (κ3) is 6.23. The highest BCUT2D eigenvalue weighted by Crippen LogP contribution is 2.42. The standard InChI is InChI=1S/C25H24F9N3O3/c1-13-20(14-7-16(23(26,27)28)10-17(8-14)24(29,30)31)40-22(38)37(13)12-15-9-18(25(32,33)34)11-35-21(15)36(2)19-3-5-39-6-4-19/h7-11,13,19-20H,3-6,12H2,1-2H3/t13-,20+/m0/s1. The van der Waals surface area contributed by atoms with E-state index in [0.717, 1.165) is 11.0 Å². The van der Waals surface area contributed by atoms with Crippen LogP contribution in [0.1, 0.15) is 53.7 Å². The summed E-state index contributed by atoms with van der Waals surface area (Å²) in [5.74, 6) is 0.141. The van der Waals surface area contributed by atoms with Crippen molar-refractivity contribution in [1.82, 2.24) is 9.88 Å². The molecule has 2 atom stereocenters. The number of halogens is 9. The zero-order chi connectivity index (χ0) is 29.6. The second kappa shape index (κ2) is 10.6. The van der Waals surface area contributed by atoms with Crippen molar-refractivity contribution in [3.63, 3.8) is 0 Å². The summed E-state index contributed by atoms with van der Waals surface area (Å²) in [6.45, 7) is 1.70. The molecule has 1 amide bonds. The molecule has 15 heteroatoms. The minimum Gasteiger partial charge on any atom is -0.439 e. The van der Waals surface area contributed by atoms with Gasteiger partial charge in [-0.15, -0.1) is 0 Å². The number of amides is 1. The Morgan fingerprint density at radius 1 is 0.900 bits per heavy atom. The number of hydrogen-bond donors (Lipinski definition) is 0. The molecule has 2 saturated heterocycles. The summed E-state index contributed by atoms with van der Waals surface area (Å²) < 4.78 is 131. The highest BCUT2D eigenvalue weighted by molar-refractivity contribution is 5.71. The van der Waals surface area contributed by atoms with Crippen molar-refractivity contribution in [2.24, 2.45) is 0 Å². The van der Waals surface area contributed by atoms with Gasteiger partial charge in [0.05, 0.1) is 29.3 Å². The average Bonchev–Trinajstić information content (AvgIpc) is 3.15. The van der Waals surface area contributed by atoms with E-state index in [9.17, 15) is 44.3 Å². The number of rotatable bonds is 5. The van der Waals surface area contributed by atoms with Crippen molar-refractivity contribution in [2.45, 2.75) is 63.0 Å². The van der Waals surface area contributed by atoms with Crippen LogP contribution in [0.4, 0.5) is 50.1 Å². The minimum absolute atomic E-state index is 0.0201. The Kier molecular flexibility index (Phi) is 7.91. The lowest BCUT2D eigenvalue weighted by atomic mass is 9.97. The molecule has 2 fully saturated rings. The predicted octanol–water partition coefficient (Wildman–Crippen LogP) is 6.84. The Morgan fingerprint density at radius 3 is 1.98 bits per heavy atom. The number of ether oxygens (including phenoxy) is 2. The molecule has 0 saturated carbocycles. The van der Waals surface area contributed by atoms with Crippen molar-refractivity contribution in [3.8, 4) is 0 Å². The van der Waals surface area contributed by atoms with E-state index >= 15 is 0 Å². The molecule has 40 heavy (non-hydrogen) atoms. The Hall–Kier alpha value is -3.23. The van der Waals surface area contributed by atoms with Gasteiger partial charge in [0.2, 0.25) is 0 Å². The predicted molar refractivity (Wildman–Crippen MR) is 122 cm³/mol. The first-order valence-corrected chi connectivity index (χ1v) is 12.1. The number of cyclic esters (lactones) is 1. The average molecular weight is 585 g/mol. The molecule has 0 N–H and O–H groups in total. The van der Waals surface area contributed by atoms with Gasteiger partial charge in [0.1, 0.15) is 11.9 Å². The number of nitrogens with zero attached hydrogens (tertiary/aromatic N) is 3. The van der Waals surface area contributed by atoms with Crippen LogP contribution in [-0.4, -0.2) is 48.3 Å². The summed E-state index contributed by atoms with van der Waals surface area (Å²) >= 11 is 0. The first-order valence-electron chi connectivity index (χ1n) is 12.1. The number of aromatic nitrogens is 1. The number of alkyl halides is 9. The highest BCUT2D eigenvalue weighted by atomic mass is 19.4. The summed E-state index contributed by atoms with van der Waals surface area (Å²) in [5, 5.41) is 0. The molecule has 0 radical (unpaired) electrons. The summed E-state index contributed by atoms with van der Waals surface area (Å²) in [6.07, 6.45) is -15.9. The molecule has 6 nitrogen and oxygen atoms in total. The summed E-state index contributed by atoms with van der Waals surface area (Å²) in [5.41, 5.74) is -4.82. The molecule has 0 unspecified atom stereocenters. The van der Waals surface area contributed by atoms with Crippen LogP contribution < -0.4 is 4.90 Å². The smallest absolute Gasteiger partial charge is 0.417 e. The molecule has 4 rings (SSSR count). The fourth-order valence-electron chi connectivity index (χ4n) is 4.82. The van der Waals surface area contributed by atoms with Crippen molar-refractivity contribution in [3.05, 3.63) is 58.3 Å². The number of carbonyl (C=O) groups is 1. The number of carbonyl (C=O) groups excluding carboxylic acids is 1. The van der Waals surface area contributed by atoms with Gasteiger partial charge in [0, 0.05) is 38.1 Å². The van der Waals surface area contributed by atoms with E-state index in [0.29, 0.717) is 44.4 Å². The SMILES string of the molecule is C[C@H]1[C@H](c2cc(C(F)(F)F)cc(C(F)(F)F)c2)OC(=O)N1Cc1cc(C(F)(F)F)cnc1N(C)C1CCOCC1. The van der Waals surface area contributed by atoms with Crippen LogP contribution in [0.2, 0.25) is 0 Å². The molecule has 1 aromatic heterocycles. The van der Waals surface area contributed by atoms with Gasteiger partial charge in [0.25, 0.3) is 0 Å². The Morgan fingerprint density at radius 2 is 1.45 bits per heavy atom. The second-order valence-electron chi connectivity index (χ2n) is 9.67.